The van der Waals surface area contributed by atoms with Gasteiger partial charge in [-0.25, -0.2) is 0 Å². The van der Waals surface area contributed by atoms with E-state index in [1.54, 1.807) is 12.1 Å². The normalized spacial score (nSPS) is 10.0. The lowest BCUT2D eigenvalue weighted by Gasteiger charge is -2.21. The summed E-state index contributed by atoms with van der Waals surface area (Å²) in [4.78, 5) is 25.3. The van der Waals surface area contributed by atoms with Crippen LogP contribution >= 0.6 is 0 Å². The highest BCUT2D eigenvalue weighted by molar-refractivity contribution is 6.39. The van der Waals surface area contributed by atoms with Crippen LogP contribution in [-0.4, -0.2) is 43.2 Å². The van der Waals surface area contributed by atoms with Crippen LogP contribution in [0.2, 0.25) is 0 Å². The van der Waals surface area contributed by atoms with Crippen molar-refractivity contribution in [2.75, 3.05) is 36.5 Å². The molecule has 0 unspecified atom stereocenters. The molecule has 0 saturated carbocycles. The molecule has 21 heavy (non-hydrogen) atoms. The van der Waals surface area contributed by atoms with Crippen molar-refractivity contribution < 1.29 is 14.7 Å². The molecular weight excluding hydrogens is 270 g/mol. The number of benzene rings is 1. The average Bonchev–Trinajstić information content (AvgIpc) is 2.50. The number of carbonyl (C=O) groups is 2. The zero-order valence-corrected chi connectivity index (χ0v) is 12.6. The van der Waals surface area contributed by atoms with E-state index in [2.05, 4.69) is 29.4 Å². The SMILES string of the molecule is CCN(CC)c1ccc(NC(=O)C(=O)NCCCO)cc1. The molecule has 0 spiro atoms. The molecule has 2 amide bonds. The second-order valence-corrected chi connectivity index (χ2v) is 4.51. The molecule has 0 aliphatic heterocycles. The topological polar surface area (TPSA) is 81.7 Å². The fourth-order valence-corrected chi connectivity index (χ4v) is 1.89. The number of carbonyl (C=O) groups excluding carboxylic acids is 2. The summed E-state index contributed by atoms with van der Waals surface area (Å²) in [7, 11) is 0. The van der Waals surface area contributed by atoms with E-state index in [-0.39, 0.29) is 13.2 Å². The third kappa shape index (κ3) is 5.43. The van der Waals surface area contributed by atoms with Crippen molar-refractivity contribution in [3.05, 3.63) is 24.3 Å². The van der Waals surface area contributed by atoms with Crippen LogP contribution in [0.15, 0.2) is 24.3 Å². The van der Waals surface area contributed by atoms with Gasteiger partial charge in [-0.05, 0) is 44.5 Å². The Balaban J connectivity index is 2.55. The fourth-order valence-electron chi connectivity index (χ4n) is 1.89. The molecule has 0 radical (unpaired) electrons. The number of hydrogen-bond donors (Lipinski definition) is 3. The molecule has 0 fully saturated rings. The van der Waals surface area contributed by atoms with Crippen LogP contribution in [0.4, 0.5) is 11.4 Å². The van der Waals surface area contributed by atoms with Gasteiger partial charge in [0.2, 0.25) is 0 Å². The first-order valence-electron chi connectivity index (χ1n) is 7.17. The van der Waals surface area contributed by atoms with Gasteiger partial charge in [0.1, 0.15) is 0 Å². The van der Waals surface area contributed by atoms with E-state index in [4.69, 9.17) is 5.11 Å². The molecule has 3 N–H and O–H groups in total. The molecule has 6 heteroatoms. The third-order valence-electron chi connectivity index (χ3n) is 3.08. The number of aliphatic hydroxyl groups is 1. The first-order valence-corrected chi connectivity index (χ1v) is 7.17. The Hall–Kier alpha value is -2.08. The summed E-state index contributed by atoms with van der Waals surface area (Å²) in [6.07, 6.45) is 0.428. The summed E-state index contributed by atoms with van der Waals surface area (Å²) in [5.41, 5.74) is 1.65. The van der Waals surface area contributed by atoms with Crippen LogP contribution in [0.25, 0.3) is 0 Å². The van der Waals surface area contributed by atoms with E-state index in [0.717, 1.165) is 18.8 Å². The highest BCUT2D eigenvalue weighted by Crippen LogP contribution is 2.17. The van der Waals surface area contributed by atoms with Gasteiger partial charge in [0.25, 0.3) is 0 Å². The molecule has 0 atom stereocenters. The molecule has 0 aliphatic carbocycles. The maximum atomic E-state index is 11.6. The van der Waals surface area contributed by atoms with Gasteiger partial charge < -0.3 is 20.6 Å². The van der Waals surface area contributed by atoms with Gasteiger partial charge >= 0.3 is 11.8 Å². The zero-order chi connectivity index (χ0) is 15.7. The number of nitrogens with zero attached hydrogens (tertiary/aromatic N) is 1. The highest BCUT2D eigenvalue weighted by Gasteiger charge is 2.12. The van der Waals surface area contributed by atoms with E-state index in [0.29, 0.717) is 12.1 Å². The molecule has 116 valence electrons. The maximum absolute atomic E-state index is 11.6. The maximum Gasteiger partial charge on any atom is 0.313 e. The molecule has 0 aromatic heterocycles. The molecular formula is C15H23N3O3. The lowest BCUT2D eigenvalue weighted by molar-refractivity contribution is -0.136. The van der Waals surface area contributed by atoms with E-state index >= 15 is 0 Å². The van der Waals surface area contributed by atoms with Crippen LogP contribution in [0.5, 0.6) is 0 Å². The van der Waals surface area contributed by atoms with Gasteiger partial charge in [-0.1, -0.05) is 0 Å². The van der Waals surface area contributed by atoms with Crippen molar-refractivity contribution in [2.24, 2.45) is 0 Å². The number of rotatable bonds is 7. The van der Waals surface area contributed by atoms with Gasteiger partial charge in [0.15, 0.2) is 0 Å². The number of hydrogen-bond acceptors (Lipinski definition) is 4. The number of aliphatic hydroxyl groups excluding tert-OH is 1. The molecule has 1 aromatic carbocycles. The summed E-state index contributed by atoms with van der Waals surface area (Å²) >= 11 is 0. The number of anilines is 2. The average molecular weight is 293 g/mol. The Morgan fingerprint density at radius 2 is 1.71 bits per heavy atom. The lowest BCUT2D eigenvalue weighted by Crippen LogP contribution is -2.36. The molecule has 0 bridgehead atoms. The molecule has 1 aromatic rings. The van der Waals surface area contributed by atoms with Crippen molar-refractivity contribution in [2.45, 2.75) is 20.3 Å². The largest absolute Gasteiger partial charge is 0.396 e. The summed E-state index contributed by atoms with van der Waals surface area (Å²) in [6.45, 7) is 6.25. The highest BCUT2D eigenvalue weighted by atomic mass is 16.3. The minimum atomic E-state index is -0.705. The summed E-state index contributed by atoms with van der Waals surface area (Å²) in [5.74, 6) is -1.40. The predicted octanol–water partition coefficient (Wildman–Crippen LogP) is 0.970. The monoisotopic (exact) mass is 293 g/mol. The first kappa shape index (κ1) is 17.0. The molecule has 0 aliphatic rings. The molecule has 1 rings (SSSR count). The summed E-state index contributed by atoms with van der Waals surface area (Å²) < 4.78 is 0. The van der Waals surface area contributed by atoms with Crippen LogP contribution in [-0.2, 0) is 9.59 Å². The third-order valence-corrected chi connectivity index (χ3v) is 3.08. The minimum absolute atomic E-state index is 0.0191. The van der Waals surface area contributed by atoms with Crippen LogP contribution in [0.3, 0.4) is 0 Å². The van der Waals surface area contributed by atoms with Gasteiger partial charge in [0.05, 0.1) is 0 Å². The van der Waals surface area contributed by atoms with Crippen molar-refractivity contribution in [1.29, 1.82) is 0 Å². The van der Waals surface area contributed by atoms with E-state index < -0.39 is 11.8 Å². The van der Waals surface area contributed by atoms with E-state index in [9.17, 15) is 9.59 Å². The van der Waals surface area contributed by atoms with E-state index in [1.165, 1.54) is 0 Å². The molecule has 0 saturated heterocycles. The van der Waals surface area contributed by atoms with Crippen molar-refractivity contribution in [3.8, 4) is 0 Å². The summed E-state index contributed by atoms with van der Waals surface area (Å²) in [5, 5.41) is 13.6. The van der Waals surface area contributed by atoms with Crippen LogP contribution in [0.1, 0.15) is 20.3 Å². The van der Waals surface area contributed by atoms with Crippen molar-refractivity contribution >= 4 is 23.2 Å². The first-order chi connectivity index (χ1) is 10.1. The second-order valence-electron chi connectivity index (χ2n) is 4.51. The second kappa shape index (κ2) is 8.97. The smallest absolute Gasteiger partial charge is 0.313 e. The van der Waals surface area contributed by atoms with E-state index in [1.807, 2.05) is 12.1 Å². The van der Waals surface area contributed by atoms with Crippen molar-refractivity contribution in [1.82, 2.24) is 5.32 Å². The Morgan fingerprint density at radius 1 is 1.10 bits per heavy atom. The quantitative estimate of drug-likeness (QED) is 0.517. The van der Waals surface area contributed by atoms with Gasteiger partial charge in [-0.15, -0.1) is 0 Å². The van der Waals surface area contributed by atoms with Crippen LogP contribution < -0.4 is 15.5 Å². The summed E-state index contributed by atoms with van der Waals surface area (Å²) in [6, 6.07) is 7.36. The minimum Gasteiger partial charge on any atom is -0.396 e. The molecule has 6 nitrogen and oxygen atoms in total. The standard InChI is InChI=1S/C15H23N3O3/c1-3-18(4-2)13-8-6-12(7-9-13)17-15(21)14(20)16-10-5-11-19/h6-9,19H,3-5,10-11H2,1-2H3,(H,16,20)(H,17,21). The number of amides is 2. The Morgan fingerprint density at radius 3 is 2.24 bits per heavy atom. The van der Waals surface area contributed by atoms with Gasteiger partial charge in [-0.3, -0.25) is 9.59 Å². The Labute approximate surface area is 125 Å². The van der Waals surface area contributed by atoms with Gasteiger partial charge in [-0.2, -0.15) is 0 Å². The zero-order valence-electron chi connectivity index (χ0n) is 12.6. The van der Waals surface area contributed by atoms with Gasteiger partial charge in [0, 0.05) is 37.6 Å². The molecule has 0 heterocycles. The number of nitrogens with one attached hydrogen (secondary N) is 2. The fraction of sp³-hybridized carbons (Fsp3) is 0.467. The Kier molecular flexibility index (Phi) is 7.25. The van der Waals surface area contributed by atoms with Crippen molar-refractivity contribution in [3.63, 3.8) is 0 Å². The Bertz CT molecular complexity index is 456. The predicted molar refractivity (Wildman–Crippen MR) is 83.3 cm³/mol. The lowest BCUT2D eigenvalue weighted by atomic mass is 10.2. The van der Waals surface area contributed by atoms with Crippen LogP contribution in [0, 0.1) is 0 Å².